The quantitative estimate of drug-likeness (QED) is 0.839. The molecule has 2 aromatic rings. The third-order valence-corrected chi connectivity index (χ3v) is 3.84. The number of hydrogen-bond acceptors (Lipinski definition) is 6. The molecule has 0 aromatic heterocycles. The average Bonchev–Trinajstić information content (AvgIpc) is 3.00. The predicted molar refractivity (Wildman–Crippen MR) is 87.9 cm³/mol. The molecule has 1 saturated heterocycles. The Hall–Kier alpha value is -2.70. The summed E-state index contributed by atoms with van der Waals surface area (Å²) in [7, 11) is 0. The highest BCUT2D eigenvalue weighted by Gasteiger charge is 2.38. The number of ether oxygens (including phenoxy) is 3. The third-order valence-electron chi connectivity index (χ3n) is 3.84. The van der Waals surface area contributed by atoms with Crippen LogP contribution in [0.2, 0.25) is 0 Å². The first-order chi connectivity index (χ1) is 12.1. The first-order valence-electron chi connectivity index (χ1n) is 7.95. The number of aliphatic hydroxyl groups excluding tert-OH is 1. The maximum Gasteiger partial charge on any atom is 0.338 e. The second-order valence-electron chi connectivity index (χ2n) is 5.64. The fourth-order valence-corrected chi connectivity index (χ4v) is 2.56. The van der Waals surface area contributed by atoms with Crippen LogP contribution in [0.25, 0.3) is 0 Å². The largest absolute Gasteiger partial charge is 0.459 e. The summed E-state index contributed by atoms with van der Waals surface area (Å²) in [6, 6.07) is 17.1. The van der Waals surface area contributed by atoms with Gasteiger partial charge in [0.25, 0.3) is 0 Å². The van der Waals surface area contributed by atoms with Crippen LogP contribution in [0.3, 0.4) is 0 Å². The molecule has 0 aliphatic carbocycles. The van der Waals surface area contributed by atoms with Crippen LogP contribution in [-0.4, -0.2) is 42.1 Å². The van der Waals surface area contributed by atoms with Gasteiger partial charge in [-0.25, -0.2) is 9.59 Å². The van der Waals surface area contributed by atoms with Gasteiger partial charge in [-0.2, -0.15) is 0 Å². The molecule has 2 aromatic carbocycles. The van der Waals surface area contributed by atoms with Crippen LogP contribution in [0, 0.1) is 0 Å². The highest BCUT2D eigenvalue weighted by molar-refractivity contribution is 5.90. The molecule has 0 unspecified atom stereocenters. The Morgan fingerprint density at radius 3 is 2.12 bits per heavy atom. The number of hydrogen-bond donors (Lipinski definition) is 1. The summed E-state index contributed by atoms with van der Waals surface area (Å²) in [5, 5.41) is 9.68. The van der Waals surface area contributed by atoms with Gasteiger partial charge in [0.1, 0.15) is 18.8 Å². The Morgan fingerprint density at radius 1 is 0.960 bits per heavy atom. The van der Waals surface area contributed by atoms with Gasteiger partial charge in [0.05, 0.1) is 11.1 Å². The normalized spacial score (nSPS) is 22.4. The number of rotatable bonds is 5. The van der Waals surface area contributed by atoms with Gasteiger partial charge in [0.15, 0.2) is 6.29 Å². The van der Waals surface area contributed by atoms with Crippen molar-refractivity contribution in [2.24, 2.45) is 0 Å². The van der Waals surface area contributed by atoms with E-state index in [0.29, 0.717) is 11.1 Å². The van der Waals surface area contributed by atoms with Gasteiger partial charge >= 0.3 is 11.9 Å². The van der Waals surface area contributed by atoms with Crippen LogP contribution < -0.4 is 0 Å². The molecule has 1 N–H and O–H groups in total. The van der Waals surface area contributed by atoms with E-state index in [-0.39, 0.29) is 13.0 Å². The summed E-state index contributed by atoms with van der Waals surface area (Å²) < 4.78 is 15.9. The van der Waals surface area contributed by atoms with Crippen molar-refractivity contribution in [3.05, 3.63) is 71.8 Å². The SMILES string of the molecule is O=C(OC[C@H]1O[C@@H](O)C[C@@H]1OC(=O)c1ccccc1)c1ccccc1. The van der Waals surface area contributed by atoms with Crippen LogP contribution in [0.15, 0.2) is 60.7 Å². The van der Waals surface area contributed by atoms with Gasteiger partial charge in [-0.15, -0.1) is 0 Å². The lowest BCUT2D eigenvalue weighted by Gasteiger charge is -2.18. The van der Waals surface area contributed by atoms with Crippen molar-refractivity contribution in [1.29, 1.82) is 0 Å². The molecule has 6 heteroatoms. The van der Waals surface area contributed by atoms with E-state index in [9.17, 15) is 14.7 Å². The van der Waals surface area contributed by atoms with Gasteiger partial charge in [0, 0.05) is 6.42 Å². The zero-order valence-electron chi connectivity index (χ0n) is 13.4. The third kappa shape index (κ3) is 4.43. The van der Waals surface area contributed by atoms with Crippen LogP contribution in [0.4, 0.5) is 0 Å². The summed E-state index contributed by atoms with van der Waals surface area (Å²) in [6.07, 6.45) is -2.33. The number of esters is 2. The second kappa shape index (κ2) is 7.92. The van der Waals surface area contributed by atoms with Crippen molar-refractivity contribution in [3.63, 3.8) is 0 Å². The minimum atomic E-state index is -1.06. The van der Waals surface area contributed by atoms with E-state index in [1.165, 1.54) is 0 Å². The molecule has 0 bridgehead atoms. The molecule has 1 aliphatic heterocycles. The Kier molecular flexibility index (Phi) is 5.42. The van der Waals surface area contributed by atoms with Crippen molar-refractivity contribution < 1.29 is 28.9 Å². The average molecular weight is 342 g/mol. The minimum Gasteiger partial charge on any atom is -0.459 e. The van der Waals surface area contributed by atoms with E-state index >= 15 is 0 Å². The van der Waals surface area contributed by atoms with Crippen LogP contribution in [0.5, 0.6) is 0 Å². The summed E-state index contributed by atoms with van der Waals surface area (Å²) >= 11 is 0. The smallest absolute Gasteiger partial charge is 0.338 e. The van der Waals surface area contributed by atoms with E-state index in [0.717, 1.165) is 0 Å². The first kappa shape index (κ1) is 17.1. The van der Waals surface area contributed by atoms with Crippen molar-refractivity contribution in [2.45, 2.75) is 24.9 Å². The van der Waals surface area contributed by atoms with Crippen molar-refractivity contribution in [3.8, 4) is 0 Å². The molecule has 25 heavy (non-hydrogen) atoms. The van der Waals surface area contributed by atoms with Crippen LogP contribution in [-0.2, 0) is 14.2 Å². The van der Waals surface area contributed by atoms with Crippen molar-refractivity contribution >= 4 is 11.9 Å². The highest BCUT2D eigenvalue weighted by atomic mass is 16.7. The second-order valence-corrected chi connectivity index (χ2v) is 5.64. The molecule has 3 rings (SSSR count). The molecule has 3 atom stereocenters. The number of aliphatic hydroxyl groups is 1. The van der Waals surface area contributed by atoms with Crippen molar-refractivity contribution in [2.75, 3.05) is 6.61 Å². The lowest BCUT2D eigenvalue weighted by molar-refractivity contribution is -0.110. The van der Waals surface area contributed by atoms with E-state index in [2.05, 4.69) is 0 Å². The van der Waals surface area contributed by atoms with Gasteiger partial charge < -0.3 is 19.3 Å². The Morgan fingerprint density at radius 2 is 1.52 bits per heavy atom. The molecule has 0 radical (unpaired) electrons. The summed E-state index contributed by atoms with van der Waals surface area (Å²) in [5.41, 5.74) is 0.822. The molecule has 0 saturated carbocycles. The summed E-state index contributed by atoms with van der Waals surface area (Å²) in [4.78, 5) is 24.1. The maximum absolute atomic E-state index is 12.1. The maximum atomic E-state index is 12.1. The first-order valence-corrected chi connectivity index (χ1v) is 7.95. The molecule has 6 nitrogen and oxygen atoms in total. The van der Waals surface area contributed by atoms with E-state index < -0.39 is 30.4 Å². The fraction of sp³-hybridized carbons (Fsp3) is 0.263. The van der Waals surface area contributed by atoms with Gasteiger partial charge in [-0.3, -0.25) is 0 Å². The molecule has 0 amide bonds. The predicted octanol–water partition coefficient (Wildman–Crippen LogP) is 2.18. The zero-order valence-corrected chi connectivity index (χ0v) is 13.4. The topological polar surface area (TPSA) is 82.1 Å². The lowest BCUT2D eigenvalue weighted by atomic mass is 10.1. The highest BCUT2D eigenvalue weighted by Crippen LogP contribution is 2.23. The van der Waals surface area contributed by atoms with E-state index in [1.54, 1.807) is 60.7 Å². The van der Waals surface area contributed by atoms with Gasteiger partial charge in [-0.1, -0.05) is 36.4 Å². The van der Waals surface area contributed by atoms with E-state index in [1.807, 2.05) is 0 Å². The Bertz CT molecular complexity index is 715. The lowest BCUT2D eigenvalue weighted by Crippen LogP contribution is -2.32. The monoisotopic (exact) mass is 342 g/mol. The number of carbonyl (C=O) groups excluding carboxylic acids is 2. The van der Waals surface area contributed by atoms with Gasteiger partial charge in [-0.05, 0) is 24.3 Å². The fourth-order valence-electron chi connectivity index (χ4n) is 2.56. The summed E-state index contributed by atoms with van der Waals surface area (Å²) in [5.74, 6) is -1.01. The van der Waals surface area contributed by atoms with Gasteiger partial charge in [0.2, 0.25) is 0 Å². The van der Waals surface area contributed by atoms with Crippen LogP contribution in [0.1, 0.15) is 27.1 Å². The molecule has 130 valence electrons. The molecular weight excluding hydrogens is 324 g/mol. The minimum absolute atomic E-state index is 0.114. The molecule has 1 heterocycles. The number of benzene rings is 2. The molecule has 1 fully saturated rings. The molecular formula is C19H18O6. The van der Waals surface area contributed by atoms with Crippen molar-refractivity contribution in [1.82, 2.24) is 0 Å². The van der Waals surface area contributed by atoms with Crippen LogP contribution >= 0.6 is 0 Å². The van der Waals surface area contributed by atoms with E-state index in [4.69, 9.17) is 14.2 Å². The Labute approximate surface area is 144 Å². The zero-order chi connectivity index (χ0) is 17.6. The standard InChI is InChI=1S/C19H18O6/c20-17-11-15(25-19(22)14-9-5-2-6-10-14)16(24-17)12-23-18(21)13-7-3-1-4-8-13/h1-10,15-17,20H,11-12H2/t15-,16+,17+/m0/s1. The molecule has 0 spiro atoms. The summed E-state index contributed by atoms with van der Waals surface area (Å²) in [6.45, 7) is -0.114. The Balaban J connectivity index is 1.58. The molecule has 1 aliphatic rings. The number of carbonyl (C=O) groups is 2.